The number of hydrogen-bond acceptors (Lipinski definition) is 2. The monoisotopic (exact) mass is 524 g/mol. The van der Waals surface area contributed by atoms with Crippen molar-refractivity contribution in [2.24, 2.45) is 0 Å². The second kappa shape index (κ2) is 21.1. The maximum absolute atomic E-state index is 11.8. The highest BCUT2D eigenvalue weighted by molar-refractivity contribution is 6.36. The zero-order chi connectivity index (χ0) is 21.1. The molecular formula is C24H49IN2O2. The van der Waals surface area contributed by atoms with Gasteiger partial charge in [0.1, 0.15) is 0 Å². The smallest absolute Gasteiger partial charge is 0.287 e. The Kier molecular flexibility index (Phi) is 22.5. The lowest BCUT2D eigenvalue weighted by molar-refractivity contribution is -0.870. The number of carbonyl (C=O) groups is 2. The molecule has 1 N–H and O–H groups in total. The first kappa shape index (κ1) is 31.0. The van der Waals surface area contributed by atoms with Gasteiger partial charge in [-0.05, 0) is 6.42 Å². The number of hydrogen-bond donors (Lipinski definition) is 1. The van der Waals surface area contributed by atoms with Gasteiger partial charge in [-0.1, -0.05) is 90.4 Å². The van der Waals surface area contributed by atoms with Crippen LogP contribution in [0, 0.1) is 0 Å². The van der Waals surface area contributed by atoms with Crippen LogP contribution < -0.4 is 29.3 Å². The molecule has 0 aliphatic rings. The van der Waals surface area contributed by atoms with Crippen LogP contribution in [0.2, 0.25) is 0 Å². The summed E-state index contributed by atoms with van der Waals surface area (Å²) in [5.41, 5.74) is 0. The van der Waals surface area contributed by atoms with Crippen molar-refractivity contribution in [2.45, 2.75) is 110 Å². The summed E-state index contributed by atoms with van der Waals surface area (Å²) in [4.78, 5) is 23.6. The Balaban J connectivity index is 0. The largest absolute Gasteiger partial charge is 1.00 e. The average Bonchev–Trinajstić information content (AvgIpc) is 2.64. The van der Waals surface area contributed by atoms with Gasteiger partial charge >= 0.3 is 0 Å². The van der Waals surface area contributed by atoms with Crippen LogP contribution in [0.25, 0.3) is 0 Å². The molecule has 0 heterocycles. The summed E-state index contributed by atoms with van der Waals surface area (Å²) < 4.78 is 0.878. The van der Waals surface area contributed by atoms with E-state index in [-0.39, 0.29) is 29.8 Å². The van der Waals surface area contributed by atoms with Gasteiger partial charge in [0.2, 0.25) is 5.78 Å². The van der Waals surface area contributed by atoms with Crippen molar-refractivity contribution in [1.82, 2.24) is 5.32 Å². The molecule has 0 rings (SSSR count). The first-order chi connectivity index (χ1) is 13.4. The number of unbranched alkanes of at least 4 members (excludes halogenated alkanes) is 13. The molecule has 29 heavy (non-hydrogen) atoms. The number of amides is 1. The van der Waals surface area contributed by atoms with E-state index in [1.165, 1.54) is 77.0 Å². The molecule has 4 nitrogen and oxygen atoms in total. The van der Waals surface area contributed by atoms with E-state index in [1.54, 1.807) is 0 Å². The van der Waals surface area contributed by atoms with E-state index in [4.69, 9.17) is 0 Å². The molecule has 0 fully saturated rings. The second-order valence-electron chi connectivity index (χ2n) is 9.39. The van der Waals surface area contributed by atoms with Gasteiger partial charge in [0.05, 0.1) is 27.7 Å². The number of ketones is 1. The second-order valence-corrected chi connectivity index (χ2v) is 9.39. The molecule has 0 spiro atoms. The third kappa shape index (κ3) is 24.0. The lowest BCUT2D eigenvalue weighted by Crippen LogP contribution is -3.00. The molecule has 0 bridgehead atoms. The lowest BCUT2D eigenvalue weighted by atomic mass is 10.0. The molecule has 0 saturated heterocycles. The minimum Gasteiger partial charge on any atom is -1.00 e. The minimum atomic E-state index is -0.392. The number of halogens is 1. The Labute approximate surface area is 198 Å². The van der Waals surface area contributed by atoms with E-state index >= 15 is 0 Å². The maximum Gasteiger partial charge on any atom is 0.287 e. The summed E-state index contributed by atoms with van der Waals surface area (Å²) in [6.07, 6.45) is 19.5. The minimum absolute atomic E-state index is 0. The predicted octanol–water partition coefficient (Wildman–Crippen LogP) is 2.64. The predicted molar refractivity (Wildman–Crippen MR) is 120 cm³/mol. The van der Waals surface area contributed by atoms with E-state index in [2.05, 4.69) is 33.4 Å². The SMILES string of the molecule is CCCCCCCCCCCCCCCCC(=O)C(=O)NCCC[N+](C)(C)C.[I-]. The van der Waals surface area contributed by atoms with E-state index in [9.17, 15) is 9.59 Å². The fraction of sp³-hybridized carbons (Fsp3) is 0.917. The normalized spacial score (nSPS) is 11.2. The van der Waals surface area contributed by atoms with Crippen molar-refractivity contribution < 1.29 is 38.0 Å². The molecule has 0 atom stereocenters. The number of nitrogens with one attached hydrogen (secondary N) is 1. The summed E-state index contributed by atoms with van der Waals surface area (Å²) in [5.74, 6) is -0.639. The van der Waals surface area contributed by atoms with Crippen molar-refractivity contribution in [3.8, 4) is 0 Å². The number of rotatable bonds is 20. The molecule has 0 unspecified atom stereocenters. The van der Waals surface area contributed by atoms with Crippen LogP contribution in [0.3, 0.4) is 0 Å². The summed E-state index contributed by atoms with van der Waals surface area (Å²) in [6.45, 7) is 3.86. The van der Waals surface area contributed by atoms with Gasteiger partial charge in [-0.25, -0.2) is 0 Å². The van der Waals surface area contributed by atoms with Crippen LogP contribution in [0.1, 0.15) is 110 Å². The number of carbonyl (C=O) groups excluding carboxylic acids is 2. The molecule has 0 aromatic carbocycles. The van der Waals surface area contributed by atoms with Crippen molar-refractivity contribution in [3.63, 3.8) is 0 Å². The van der Waals surface area contributed by atoms with Crippen molar-refractivity contribution in [3.05, 3.63) is 0 Å². The summed E-state index contributed by atoms with van der Waals surface area (Å²) in [5, 5.41) is 2.76. The first-order valence-electron chi connectivity index (χ1n) is 12.0. The van der Waals surface area contributed by atoms with Crippen LogP contribution >= 0.6 is 0 Å². The summed E-state index contributed by atoms with van der Waals surface area (Å²) in [7, 11) is 6.38. The fourth-order valence-corrected chi connectivity index (χ4v) is 3.45. The number of nitrogens with zero attached hydrogens (tertiary/aromatic N) is 1. The third-order valence-electron chi connectivity index (χ3n) is 5.30. The van der Waals surface area contributed by atoms with Gasteiger partial charge in [-0.15, -0.1) is 0 Å². The molecule has 0 aromatic rings. The molecule has 174 valence electrons. The molecule has 0 saturated carbocycles. The lowest BCUT2D eigenvalue weighted by Gasteiger charge is -2.23. The molecule has 0 aromatic heterocycles. The fourth-order valence-electron chi connectivity index (χ4n) is 3.45. The molecular weight excluding hydrogens is 475 g/mol. The van der Waals surface area contributed by atoms with Gasteiger partial charge in [0.25, 0.3) is 5.91 Å². The quantitative estimate of drug-likeness (QED) is 0.115. The summed E-state index contributed by atoms with van der Waals surface area (Å²) in [6, 6.07) is 0. The molecule has 5 heteroatoms. The Morgan fingerprint density at radius 3 is 1.48 bits per heavy atom. The van der Waals surface area contributed by atoms with E-state index in [0.29, 0.717) is 13.0 Å². The van der Waals surface area contributed by atoms with Gasteiger partial charge < -0.3 is 33.8 Å². The molecule has 0 aliphatic carbocycles. The zero-order valence-electron chi connectivity index (χ0n) is 19.9. The maximum atomic E-state index is 11.8. The Bertz CT molecular complexity index is 395. The highest BCUT2D eigenvalue weighted by Gasteiger charge is 2.13. The number of Topliss-reactive ketones (excluding diaryl/α,β-unsaturated/α-hetero) is 1. The molecule has 0 radical (unpaired) electrons. The van der Waals surface area contributed by atoms with Crippen molar-refractivity contribution in [1.29, 1.82) is 0 Å². The standard InChI is InChI=1S/C24H48N2O2.HI/c1-5-6-7-8-9-10-11-12-13-14-15-16-17-18-20-23(27)24(28)25-21-19-22-26(2,3)4;/h5-22H2,1-4H3;1H. The van der Waals surface area contributed by atoms with Crippen LogP contribution in [0.15, 0.2) is 0 Å². The molecule has 0 aliphatic heterocycles. The van der Waals surface area contributed by atoms with Gasteiger partial charge in [-0.2, -0.15) is 0 Å². The topological polar surface area (TPSA) is 46.2 Å². The Hall–Kier alpha value is -0.170. The van der Waals surface area contributed by atoms with E-state index < -0.39 is 5.91 Å². The van der Waals surface area contributed by atoms with E-state index in [1.807, 2.05) is 0 Å². The Morgan fingerprint density at radius 1 is 0.655 bits per heavy atom. The first-order valence-corrected chi connectivity index (χ1v) is 12.0. The van der Waals surface area contributed by atoms with Crippen LogP contribution in [0.5, 0.6) is 0 Å². The highest BCUT2D eigenvalue weighted by atomic mass is 127. The van der Waals surface area contributed by atoms with Gasteiger partial charge in [0.15, 0.2) is 0 Å². The average molecular weight is 525 g/mol. The van der Waals surface area contributed by atoms with Gasteiger partial charge in [0, 0.05) is 19.4 Å². The zero-order valence-corrected chi connectivity index (χ0v) is 22.0. The van der Waals surface area contributed by atoms with Crippen LogP contribution in [-0.2, 0) is 9.59 Å². The van der Waals surface area contributed by atoms with Crippen LogP contribution in [-0.4, -0.2) is 50.4 Å². The van der Waals surface area contributed by atoms with E-state index in [0.717, 1.165) is 30.3 Å². The Morgan fingerprint density at radius 2 is 1.07 bits per heavy atom. The third-order valence-corrected chi connectivity index (χ3v) is 5.30. The number of quaternary nitrogens is 1. The van der Waals surface area contributed by atoms with Crippen LogP contribution in [0.4, 0.5) is 0 Å². The highest BCUT2D eigenvalue weighted by Crippen LogP contribution is 2.13. The summed E-state index contributed by atoms with van der Waals surface area (Å²) >= 11 is 0. The van der Waals surface area contributed by atoms with Gasteiger partial charge in [-0.3, -0.25) is 9.59 Å². The van der Waals surface area contributed by atoms with Crippen molar-refractivity contribution in [2.75, 3.05) is 34.2 Å². The molecule has 1 amide bonds. The van der Waals surface area contributed by atoms with Crippen molar-refractivity contribution >= 4 is 11.7 Å².